The summed E-state index contributed by atoms with van der Waals surface area (Å²) in [6.45, 7) is 4.34. The lowest BCUT2D eigenvalue weighted by Crippen LogP contribution is -2.39. The van der Waals surface area contributed by atoms with Gasteiger partial charge in [0.1, 0.15) is 11.4 Å². The average Bonchev–Trinajstić information content (AvgIpc) is 3.54. The van der Waals surface area contributed by atoms with Crippen molar-refractivity contribution in [2.75, 3.05) is 12.4 Å². The maximum absolute atomic E-state index is 13.2. The standard InChI is InChI=1S/C27H31FN8O2/c1-17-10-22(32-23(11-17)33-24-12-18(2)34-35-24)27(38-3)8-6-20(7-9-27)26(37)30-14-19-4-5-25(29-13-19)36-16-21(28)15-31-36/h4-5,10-13,15-16,20H,6-9,14H2,1-3H3,(H,30,37)(H2,32,33,34,35). The van der Waals surface area contributed by atoms with Crippen LogP contribution in [0.2, 0.25) is 0 Å². The van der Waals surface area contributed by atoms with E-state index in [1.807, 2.05) is 32.0 Å². The van der Waals surface area contributed by atoms with Gasteiger partial charge in [-0.1, -0.05) is 6.07 Å². The Morgan fingerprint density at radius 2 is 2.00 bits per heavy atom. The number of hydrogen-bond acceptors (Lipinski definition) is 7. The molecule has 10 nitrogen and oxygen atoms in total. The molecule has 0 radical (unpaired) electrons. The zero-order valence-corrected chi connectivity index (χ0v) is 21.7. The summed E-state index contributed by atoms with van der Waals surface area (Å²) in [7, 11) is 1.71. The van der Waals surface area contributed by atoms with Crippen molar-refractivity contribution in [3.05, 3.63) is 77.3 Å². The van der Waals surface area contributed by atoms with Gasteiger partial charge >= 0.3 is 0 Å². The van der Waals surface area contributed by atoms with Gasteiger partial charge in [-0.25, -0.2) is 19.0 Å². The van der Waals surface area contributed by atoms with E-state index in [1.165, 1.54) is 10.9 Å². The van der Waals surface area contributed by atoms with Crippen LogP contribution in [0, 0.1) is 25.6 Å². The van der Waals surface area contributed by atoms with Crippen molar-refractivity contribution in [2.45, 2.75) is 51.7 Å². The molecule has 1 amide bonds. The molecule has 1 aliphatic carbocycles. The number of ether oxygens (including phenoxy) is 1. The van der Waals surface area contributed by atoms with Crippen LogP contribution in [-0.4, -0.2) is 43.0 Å². The minimum atomic E-state index is -0.549. The zero-order valence-electron chi connectivity index (χ0n) is 21.7. The van der Waals surface area contributed by atoms with Crippen LogP contribution in [0.15, 0.2) is 48.9 Å². The molecule has 11 heteroatoms. The van der Waals surface area contributed by atoms with Crippen LogP contribution in [0.1, 0.15) is 48.2 Å². The number of H-pyrrole nitrogens is 1. The number of nitrogens with one attached hydrogen (secondary N) is 3. The highest BCUT2D eigenvalue weighted by atomic mass is 19.1. The second kappa shape index (κ2) is 10.7. The zero-order chi connectivity index (χ0) is 26.7. The Morgan fingerprint density at radius 3 is 2.63 bits per heavy atom. The molecule has 4 aromatic rings. The van der Waals surface area contributed by atoms with Crippen LogP contribution in [0.4, 0.5) is 16.0 Å². The van der Waals surface area contributed by atoms with Gasteiger partial charge in [-0.15, -0.1) is 0 Å². The number of aromatic nitrogens is 6. The van der Waals surface area contributed by atoms with E-state index in [9.17, 15) is 9.18 Å². The molecule has 5 rings (SSSR count). The number of anilines is 2. The van der Waals surface area contributed by atoms with Crippen molar-refractivity contribution in [3.63, 3.8) is 0 Å². The molecule has 0 aromatic carbocycles. The van der Waals surface area contributed by atoms with Crippen molar-refractivity contribution in [2.24, 2.45) is 5.92 Å². The van der Waals surface area contributed by atoms with Crippen LogP contribution in [0.3, 0.4) is 0 Å². The highest BCUT2D eigenvalue weighted by Crippen LogP contribution is 2.42. The lowest BCUT2D eigenvalue weighted by Gasteiger charge is -2.38. The van der Waals surface area contributed by atoms with Crippen molar-refractivity contribution < 1.29 is 13.9 Å². The first-order valence-electron chi connectivity index (χ1n) is 12.6. The fourth-order valence-corrected chi connectivity index (χ4v) is 4.91. The Labute approximate surface area is 220 Å². The third-order valence-corrected chi connectivity index (χ3v) is 7.02. The van der Waals surface area contributed by atoms with Gasteiger partial charge in [0.05, 0.1) is 18.1 Å². The Hall–Kier alpha value is -4.12. The van der Waals surface area contributed by atoms with Gasteiger partial charge in [0.25, 0.3) is 0 Å². The number of rotatable bonds is 8. The number of aryl methyl sites for hydroxylation is 2. The molecule has 0 aliphatic heterocycles. The SMILES string of the molecule is COC1(c2cc(C)cc(Nc3cc(C)[nH]n3)n2)CCC(C(=O)NCc2ccc(-n3cc(F)cn3)nc2)CC1. The van der Waals surface area contributed by atoms with Crippen molar-refractivity contribution >= 4 is 17.5 Å². The van der Waals surface area contributed by atoms with Crippen molar-refractivity contribution in [1.29, 1.82) is 0 Å². The number of carbonyl (C=O) groups excluding carboxylic acids is 1. The molecule has 38 heavy (non-hydrogen) atoms. The number of halogens is 1. The summed E-state index contributed by atoms with van der Waals surface area (Å²) in [5.41, 5.74) is 3.19. The van der Waals surface area contributed by atoms with E-state index in [4.69, 9.17) is 9.72 Å². The van der Waals surface area contributed by atoms with E-state index in [2.05, 4.69) is 37.0 Å². The lowest BCUT2D eigenvalue weighted by molar-refractivity contribution is -0.129. The molecule has 1 saturated carbocycles. The van der Waals surface area contributed by atoms with E-state index in [1.54, 1.807) is 19.4 Å². The molecule has 0 atom stereocenters. The smallest absolute Gasteiger partial charge is 0.223 e. The Balaban J connectivity index is 1.19. The van der Waals surface area contributed by atoms with E-state index < -0.39 is 11.4 Å². The highest BCUT2D eigenvalue weighted by molar-refractivity contribution is 5.78. The van der Waals surface area contributed by atoms with Crippen molar-refractivity contribution in [3.8, 4) is 5.82 Å². The number of carbonyl (C=O) groups is 1. The maximum atomic E-state index is 13.2. The van der Waals surface area contributed by atoms with Crippen molar-refractivity contribution in [1.82, 2.24) is 35.3 Å². The Morgan fingerprint density at radius 1 is 1.18 bits per heavy atom. The largest absolute Gasteiger partial charge is 0.372 e. The molecular weight excluding hydrogens is 487 g/mol. The van der Waals surface area contributed by atoms with Gasteiger partial charge in [0.2, 0.25) is 5.91 Å². The van der Waals surface area contributed by atoms with Gasteiger partial charge < -0.3 is 15.4 Å². The van der Waals surface area contributed by atoms with Gasteiger partial charge in [-0.2, -0.15) is 10.2 Å². The summed E-state index contributed by atoms with van der Waals surface area (Å²) in [6.07, 6.45) is 6.82. The molecule has 0 bridgehead atoms. The predicted molar refractivity (Wildman–Crippen MR) is 139 cm³/mol. The molecular formula is C27H31FN8O2. The molecule has 1 fully saturated rings. The molecule has 0 unspecified atom stereocenters. The predicted octanol–water partition coefficient (Wildman–Crippen LogP) is 4.23. The second-order valence-electron chi connectivity index (χ2n) is 9.79. The van der Waals surface area contributed by atoms with Crippen LogP contribution >= 0.6 is 0 Å². The van der Waals surface area contributed by atoms with E-state index in [0.717, 1.165) is 28.7 Å². The van der Waals surface area contributed by atoms with Crippen LogP contribution in [0.25, 0.3) is 5.82 Å². The summed E-state index contributed by atoms with van der Waals surface area (Å²) in [6, 6.07) is 9.54. The molecule has 4 aromatic heterocycles. The van der Waals surface area contributed by atoms with Gasteiger partial charge in [0.15, 0.2) is 17.5 Å². The molecule has 1 aliphatic rings. The second-order valence-corrected chi connectivity index (χ2v) is 9.79. The highest BCUT2D eigenvalue weighted by Gasteiger charge is 2.40. The summed E-state index contributed by atoms with van der Waals surface area (Å²) in [5.74, 6) is 1.41. The van der Waals surface area contributed by atoms with E-state index in [0.29, 0.717) is 49.7 Å². The number of aromatic amines is 1. The minimum Gasteiger partial charge on any atom is -0.372 e. The first-order chi connectivity index (χ1) is 18.3. The minimum absolute atomic E-state index is 0.0152. The fraction of sp³-hybridized carbons (Fsp3) is 0.370. The van der Waals surface area contributed by atoms with Gasteiger partial charge in [-0.3, -0.25) is 9.89 Å². The Bertz CT molecular complexity index is 1410. The molecule has 4 heterocycles. The van der Waals surface area contributed by atoms with Gasteiger partial charge in [-0.05, 0) is 68.9 Å². The number of nitrogens with zero attached hydrogens (tertiary/aromatic N) is 5. The van der Waals surface area contributed by atoms with E-state index in [-0.39, 0.29) is 11.8 Å². The first-order valence-corrected chi connectivity index (χ1v) is 12.6. The number of pyridine rings is 2. The number of hydrogen-bond donors (Lipinski definition) is 3. The Kier molecular flexibility index (Phi) is 7.19. The molecule has 3 N–H and O–H groups in total. The van der Waals surface area contributed by atoms with Crippen LogP contribution in [-0.2, 0) is 21.7 Å². The summed E-state index contributed by atoms with van der Waals surface area (Å²) in [4.78, 5) is 22.1. The topological polar surface area (TPSA) is 123 Å². The quantitative estimate of drug-likeness (QED) is 0.319. The molecule has 198 valence electrons. The lowest BCUT2D eigenvalue weighted by atomic mass is 9.76. The third-order valence-electron chi connectivity index (χ3n) is 7.02. The summed E-state index contributed by atoms with van der Waals surface area (Å²) in [5, 5.41) is 17.4. The maximum Gasteiger partial charge on any atom is 0.223 e. The van der Waals surface area contributed by atoms with Crippen LogP contribution < -0.4 is 10.6 Å². The van der Waals surface area contributed by atoms with E-state index >= 15 is 0 Å². The number of methoxy groups -OCH3 is 1. The molecule has 0 saturated heterocycles. The third kappa shape index (κ3) is 5.57. The van der Waals surface area contributed by atoms with Gasteiger partial charge in [0, 0.05) is 37.5 Å². The van der Waals surface area contributed by atoms with Crippen LogP contribution in [0.5, 0.6) is 0 Å². The first kappa shape index (κ1) is 25.5. The number of amides is 1. The monoisotopic (exact) mass is 518 g/mol. The summed E-state index contributed by atoms with van der Waals surface area (Å²) < 4.78 is 20.6. The fourth-order valence-electron chi connectivity index (χ4n) is 4.91. The average molecular weight is 519 g/mol. The normalized spacial score (nSPS) is 19.3. The summed E-state index contributed by atoms with van der Waals surface area (Å²) >= 11 is 0. The molecule has 0 spiro atoms.